The number of nitrogens with one attached hydrogen (secondary N) is 1. The molecule has 1 atom stereocenters. The molecule has 2 nitrogen and oxygen atoms in total. The van der Waals surface area contributed by atoms with Gasteiger partial charge in [-0.1, -0.05) is 20.4 Å². The summed E-state index contributed by atoms with van der Waals surface area (Å²) < 4.78 is 0. The summed E-state index contributed by atoms with van der Waals surface area (Å²) in [6.07, 6.45) is 3.96. The van der Waals surface area contributed by atoms with Crippen LogP contribution in [0, 0.1) is 5.92 Å². The highest BCUT2D eigenvalue weighted by Gasteiger charge is 2.16. The predicted octanol–water partition coefficient (Wildman–Crippen LogP) is 2.27. The maximum Gasteiger partial charge on any atom is 0.0202 e. The van der Waals surface area contributed by atoms with E-state index < -0.39 is 0 Å². The molecule has 0 aromatic rings. The van der Waals surface area contributed by atoms with Crippen LogP contribution in [0.1, 0.15) is 33.1 Å². The second-order valence-electron chi connectivity index (χ2n) is 4.91. The van der Waals surface area contributed by atoms with E-state index in [0.29, 0.717) is 0 Å². The highest BCUT2D eigenvalue weighted by atomic mass is 15.1. The van der Waals surface area contributed by atoms with Gasteiger partial charge >= 0.3 is 0 Å². The van der Waals surface area contributed by atoms with Gasteiger partial charge in [-0.3, -0.25) is 4.90 Å². The molecular weight excluding hydrogens is 184 g/mol. The van der Waals surface area contributed by atoms with E-state index in [4.69, 9.17) is 0 Å². The highest BCUT2D eigenvalue weighted by Crippen LogP contribution is 2.15. The Balaban J connectivity index is 2.13. The molecule has 0 amide bonds. The van der Waals surface area contributed by atoms with Crippen LogP contribution in [-0.4, -0.2) is 37.6 Å². The van der Waals surface area contributed by atoms with Crippen molar-refractivity contribution in [3.8, 4) is 0 Å². The van der Waals surface area contributed by atoms with Gasteiger partial charge in [-0.05, 0) is 43.8 Å². The first-order chi connectivity index (χ1) is 7.22. The van der Waals surface area contributed by atoms with E-state index in [1.165, 1.54) is 37.9 Å². The van der Waals surface area contributed by atoms with E-state index in [1.807, 2.05) is 0 Å². The number of hydrogen-bond acceptors (Lipinski definition) is 2. The number of nitrogens with zero attached hydrogens (tertiary/aromatic N) is 1. The average Bonchev–Trinajstić information content (AvgIpc) is 2.18. The molecule has 1 fully saturated rings. The van der Waals surface area contributed by atoms with E-state index in [0.717, 1.165) is 25.6 Å². The van der Waals surface area contributed by atoms with Crippen molar-refractivity contribution in [3.05, 3.63) is 12.2 Å². The monoisotopic (exact) mass is 210 g/mol. The summed E-state index contributed by atoms with van der Waals surface area (Å²) >= 11 is 0. The van der Waals surface area contributed by atoms with Gasteiger partial charge in [0, 0.05) is 19.6 Å². The first-order valence-corrected chi connectivity index (χ1v) is 6.32. The van der Waals surface area contributed by atoms with Gasteiger partial charge < -0.3 is 5.32 Å². The summed E-state index contributed by atoms with van der Waals surface area (Å²) in [5.74, 6) is 0.871. The standard InChI is InChI=1S/C13H26N2/c1-4-7-14-9-13(3)11-15-8-5-6-12(2)10-15/h12,14H,3-11H2,1-2H3. The second kappa shape index (κ2) is 7.02. The fourth-order valence-electron chi connectivity index (χ4n) is 2.24. The lowest BCUT2D eigenvalue weighted by Gasteiger charge is -2.31. The SMILES string of the molecule is C=C(CNCCC)CN1CCCC(C)C1. The van der Waals surface area contributed by atoms with Gasteiger partial charge in [0.05, 0.1) is 0 Å². The lowest BCUT2D eigenvalue weighted by Crippen LogP contribution is -2.36. The molecule has 1 aliphatic rings. The lowest BCUT2D eigenvalue weighted by atomic mass is 10.00. The second-order valence-corrected chi connectivity index (χ2v) is 4.91. The zero-order valence-corrected chi connectivity index (χ0v) is 10.4. The van der Waals surface area contributed by atoms with Gasteiger partial charge in [-0.15, -0.1) is 0 Å². The Kier molecular flexibility index (Phi) is 5.96. The minimum absolute atomic E-state index is 0.871. The Morgan fingerprint density at radius 2 is 2.33 bits per heavy atom. The lowest BCUT2D eigenvalue weighted by molar-refractivity contribution is 0.197. The third kappa shape index (κ3) is 5.33. The third-order valence-electron chi connectivity index (χ3n) is 2.99. The molecule has 0 aliphatic carbocycles. The fraction of sp³-hybridized carbons (Fsp3) is 0.846. The molecule has 1 aliphatic heterocycles. The normalized spacial score (nSPS) is 22.9. The van der Waals surface area contributed by atoms with Gasteiger partial charge in [-0.2, -0.15) is 0 Å². The molecule has 1 unspecified atom stereocenters. The van der Waals surface area contributed by atoms with Crippen molar-refractivity contribution < 1.29 is 0 Å². The molecular formula is C13H26N2. The molecule has 1 saturated heterocycles. The molecule has 1 rings (SSSR count). The number of rotatable bonds is 6. The van der Waals surface area contributed by atoms with Crippen molar-refractivity contribution >= 4 is 0 Å². The van der Waals surface area contributed by atoms with Crippen LogP contribution in [-0.2, 0) is 0 Å². The van der Waals surface area contributed by atoms with Gasteiger partial charge in [0.1, 0.15) is 0 Å². The van der Waals surface area contributed by atoms with Gasteiger partial charge in [-0.25, -0.2) is 0 Å². The van der Waals surface area contributed by atoms with Gasteiger partial charge in [0.25, 0.3) is 0 Å². The fourth-order valence-corrected chi connectivity index (χ4v) is 2.24. The van der Waals surface area contributed by atoms with Crippen molar-refractivity contribution in [3.63, 3.8) is 0 Å². The maximum atomic E-state index is 4.14. The molecule has 88 valence electrons. The molecule has 15 heavy (non-hydrogen) atoms. The minimum atomic E-state index is 0.871. The van der Waals surface area contributed by atoms with Crippen LogP contribution in [0.3, 0.4) is 0 Å². The molecule has 2 heteroatoms. The first-order valence-electron chi connectivity index (χ1n) is 6.32. The first kappa shape index (κ1) is 12.7. The Morgan fingerprint density at radius 1 is 1.53 bits per heavy atom. The van der Waals surface area contributed by atoms with Crippen LogP contribution in [0.15, 0.2) is 12.2 Å². The topological polar surface area (TPSA) is 15.3 Å². The quantitative estimate of drug-likeness (QED) is 0.534. The van der Waals surface area contributed by atoms with Gasteiger partial charge in [0.15, 0.2) is 0 Å². The molecule has 1 N–H and O–H groups in total. The highest BCUT2D eigenvalue weighted by molar-refractivity contribution is 5.00. The Hall–Kier alpha value is -0.340. The molecule has 0 aromatic carbocycles. The Labute approximate surface area is 94.7 Å². The van der Waals surface area contributed by atoms with Crippen molar-refractivity contribution in [2.45, 2.75) is 33.1 Å². The summed E-state index contributed by atoms with van der Waals surface area (Å²) in [6, 6.07) is 0. The predicted molar refractivity (Wildman–Crippen MR) is 67.1 cm³/mol. The molecule has 0 aromatic heterocycles. The number of hydrogen-bond donors (Lipinski definition) is 1. The smallest absolute Gasteiger partial charge is 0.0202 e. The van der Waals surface area contributed by atoms with Crippen LogP contribution in [0.5, 0.6) is 0 Å². The van der Waals surface area contributed by atoms with Crippen LogP contribution in [0.25, 0.3) is 0 Å². The largest absolute Gasteiger partial charge is 0.313 e. The number of piperidine rings is 1. The summed E-state index contributed by atoms with van der Waals surface area (Å²) in [7, 11) is 0. The van der Waals surface area contributed by atoms with Crippen molar-refractivity contribution in [2.24, 2.45) is 5.92 Å². The maximum absolute atomic E-state index is 4.14. The minimum Gasteiger partial charge on any atom is -0.313 e. The zero-order chi connectivity index (χ0) is 11.1. The summed E-state index contributed by atoms with van der Waals surface area (Å²) in [6.45, 7) is 14.4. The molecule has 0 saturated carbocycles. The van der Waals surface area contributed by atoms with E-state index in [2.05, 4.69) is 30.6 Å². The Morgan fingerprint density at radius 3 is 3.00 bits per heavy atom. The van der Waals surface area contributed by atoms with Crippen LogP contribution >= 0.6 is 0 Å². The Bertz CT molecular complexity index is 189. The number of likely N-dealkylation sites (tertiary alicyclic amines) is 1. The average molecular weight is 210 g/mol. The van der Waals surface area contributed by atoms with Crippen molar-refractivity contribution in [1.82, 2.24) is 10.2 Å². The van der Waals surface area contributed by atoms with Gasteiger partial charge in [0.2, 0.25) is 0 Å². The van der Waals surface area contributed by atoms with Crippen LogP contribution < -0.4 is 5.32 Å². The summed E-state index contributed by atoms with van der Waals surface area (Å²) in [4.78, 5) is 2.55. The zero-order valence-electron chi connectivity index (χ0n) is 10.4. The molecule has 0 radical (unpaired) electrons. The molecule has 1 heterocycles. The van der Waals surface area contributed by atoms with E-state index in [1.54, 1.807) is 0 Å². The van der Waals surface area contributed by atoms with E-state index in [-0.39, 0.29) is 0 Å². The summed E-state index contributed by atoms with van der Waals surface area (Å²) in [5.41, 5.74) is 1.33. The van der Waals surface area contributed by atoms with Crippen LogP contribution in [0.2, 0.25) is 0 Å². The molecule has 0 bridgehead atoms. The summed E-state index contributed by atoms with van der Waals surface area (Å²) in [5, 5.41) is 3.41. The van der Waals surface area contributed by atoms with Crippen molar-refractivity contribution in [1.29, 1.82) is 0 Å². The van der Waals surface area contributed by atoms with Crippen LogP contribution in [0.4, 0.5) is 0 Å². The molecule has 0 spiro atoms. The van der Waals surface area contributed by atoms with Crippen molar-refractivity contribution in [2.75, 3.05) is 32.7 Å². The van der Waals surface area contributed by atoms with E-state index >= 15 is 0 Å². The third-order valence-corrected chi connectivity index (χ3v) is 2.99. The van der Waals surface area contributed by atoms with E-state index in [9.17, 15) is 0 Å².